The Kier molecular flexibility index (Phi) is 3.96. The first-order valence-electron chi connectivity index (χ1n) is 6.60. The molecular formula is C12H21NO4S. The molecule has 5 nitrogen and oxygen atoms in total. The third kappa shape index (κ3) is 2.69. The summed E-state index contributed by atoms with van der Waals surface area (Å²) in [6.07, 6.45) is 2.09. The molecule has 104 valence electrons. The quantitative estimate of drug-likeness (QED) is 0.741. The molecule has 0 saturated carbocycles. The van der Waals surface area contributed by atoms with Crippen LogP contribution in [0.15, 0.2) is 0 Å². The zero-order chi connectivity index (χ0) is 13.3. The van der Waals surface area contributed by atoms with E-state index in [-0.39, 0.29) is 24.1 Å². The maximum Gasteiger partial charge on any atom is 0.240 e. The Hall–Kier alpha value is -0.620. The van der Waals surface area contributed by atoms with E-state index in [0.717, 1.165) is 12.8 Å². The maximum atomic E-state index is 12.3. The van der Waals surface area contributed by atoms with Crippen molar-refractivity contribution in [1.82, 2.24) is 4.90 Å². The number of aliphatic hydroxyl groups excluding tert-OH is 1. The summed E-state index contributed by atoms with van der Waals surface area (Å²) in [5.74, 6) is -0.00593. The predicted octanol–water partition coefficient (Wildman–Crippen LogP) is 0.183. The third-order valence-electron chi connectivity index (χ3n) is 4.08. The molecule has 0 aliphatic carbocycles. The topological polar surface area (TPSA) is 74.7 Å². The van der Waals surface area contributed by atoms with Gasteiger partial charge in [0.1, 0.15) is 5.25 Å². The second-order valence-corrected chi connectivity index (χ2v) is 7.77. The van der Waals surface area contributed by atoms with Gasteiger partial charge in [-0.3, -0.25) is 4.79 Å². The van der Waals surface area contributed by atoms with Crippen molar-refractivity contribution < 1.29 is 18.3 Å². The lowest BCUT2D eigenvalue weighted by molar-refractivity contribution is -0.135. The number of rotatable bonds is 1. The van der Waals surface area contributed by atoms with Crippen LogP contribution in [0.5, 0.6) is 0 Å². The molecule has 18 heavy (non-hydrogen) atoms. The Balaban J connectivity index is 2.07. The molecule has 2 aliphatic heterocycles. The smallest absolute Gasteiger partial charge is 0.240 e. The minimum absolute atomic E-state index is 0.121. The largest absolute Gasteiger partial charge is 0.391 e. The predicted molar refractivity (Wildman–Crippen MR) is 67.8 cm³/mol. The Bertz CT molecular complexity index is 420. The summed E-state index contributed by atoms with van der Waals surface area (Å²) in [5.41, 5.74) is 0. The van der Waals surface area contributed by atoms with Crippen LogP contribution >= 0.6 is 0 Å². The van der Waals surface area contributed by atoms with Crippen LogP contribution in [0, 0.1) is 5.92 Å². The number of amides is 1. The fourth-order valence-electron chi connectivity index (χ4n) is 2.68. The van der Waals surface area contributed by atoms with Gasteiger partial charge in [0.25, 0.3) is 0 Å². The van der Waals surface area contributed by atoms with Gasteiger partial charge in [-0.2, -0.15) is 0 Å². The van der Waals surface area contributed by atoms with E-state index in [1.165, 1.54) is 4.90 Å². The Labute approximate surface area is 108 Å². The summed E-state index contributed by atoms with van der Waals surface area (Å²) >= 11 is 0. The number of aliphatic hydroxyl groups is 1. The van der Waals surface area contributed by atoms with E-state index in [0.29, 0.717) is 19.4 Å². The zero-order valence-electron chi connectivity index (χ0n) is 10.7. The van der Waals surface area contributed by atoms with Gasteiger partial charge in [0.05, 0.1) is 11.9 Å². The second-order valence-electron chi connectivity index (χ2n) is 5.47. The summed E-state index contributed by atoms with van der Waals surface area (Å²) in [6, 6.07) is 0. The van der Waals surface area contributed by atoms with Crippen LogP contribution in [-0.2, 0) is 14.6 Å². The van der Waals surface area contributed by atoms with Gasteiger partial charge in [-0.05, 0) is 25.2 Å². The van der Waals surface area contributed by atoms with Crippen LogP contribution in [0.4, 0.5) is 0 Å². The van der Waals surface area contributed by atoms with Gasteiger partial charge < -0.3 is 10.0 Å². The van der Waals surface area contributed by atoms with Crippen LogP contribution in [0.2, 0.25) is 0 Å². The van der Waals surface area contributed by atoms with E-state index in [4.69, 9.17) is 0 Å². The number of β-amino-alcohol motifs (C(OH)–C–C–N with tert-alkyl or cyclic N) is 1. The van der Waals surface area contributed by atoms with Crippen LogP contribution in [-0.4, -0.2) is 54.5 Å². The van der Waals surface area contributed by atoms with Crippen molar-refractivity contribution in [2.75, 3.05) is 18.8 Å². The third-order valence-corrected chi connectivity index (χ3v) is 6.25. The SMILES string of the molecule is CC1CCN(C(=O)C2CCCCS2(=O)=O)CC1O. The van der Waals surface area contributed by atoms with Crippen molar-refractivity contribution in [1.29, 1.82) is 0 Å². The average Bonchev–Trinajstić information content (AvgIpc) is 2.31. The minimum Gasteiger partial charge on any atom is -0.391 e. The number of likely N-dealkylation sites (tertiary alicyclic amines) is 1. The molecule has 2 rings (SSSR count). The second kappa shape index (κ2) is 5.17. The lowest BCUT2D eigenvalue weighted by Gasteiger charge is -2.36. The number of sulfone groups is 1. The summed E-state index contributed by atoms with van der Waals surface area (Å²) < 4.78 is 23.8. The number of hydrogen-bond donors (Lipinski definition) is 1. The van der Waals surface area contributed by atoms with Gasteiger partial charge in [-0.15, -0.1) is 0 Å². The summed E-state index contributed by atoms with van der Waals surface area (Å²) in [6.45, 7) is 2.78. The fourth-order valence-corrected chi connectivity index (χ4v) is 4.56. The van der Waals surface area contributed by atoms with Crippen LogP contribution in [0.25, 0.3) is 0 Å². The lowest BCUT2D eigenvalue weighted by atomic mass is 9.95. The fraction of sp³-hybridized carbons (Fsp3) is 0.917. The first-order valence-corrected chi connectivity index (χ1v) is 8.32. The molecule has 1 amide bonds. The van der Waals surface area contributed by atoms with Crippen molar-refractivity contribution in [2.45, 2.75) is 44.0 Å². The molecule has 2 aliphatic rings. The average molecular weight is 275 g/mol. The first kappa shape index (κ1) is 13.8. The molecule has 0 radical (unpaired) electrons. The molecule has 0 aromatic rings. The highest BCUT2D eigenvalue weighted by atomic mass is 32.2. The van der Waals surface area contributed by atoms with E-state index >= 15 is 0 Å². The number of carbonyl (C=O) groups excluding carboxylic acids is 1. The summed E-state index contributed by atoms with van der Waals surface area (Å²) in [7, 11) is -3.28. The van der Waals surface area contributed by atoms with Crippen LogP contribution in [0.3, 0.4) is 0 Å². The Morgan fingerprint density at radius 1 is 1.28 bits per heavy atom. The number of carbonyl (C=O) groups is 1. The number of nitrogens with zero attached hydrogens (tertiary/aromatic N) is 1. The van der Waals surface area contributed by atoms with Crippen molar-refractivity contribution in [3.63, 3.8) is 0 Å². The molecule has 2 heterocycles. The molecule has 1 N–H and O–H groups in total. The van der Waals surface area contributed by atoms with Gasteiger partial charge in [0, 0.05) is 13.1 Å². The van der Waals surface area contributed by atoms with Gasteiger partial charge in [0.2, 0.25) is 5.91 Å². The normalized spacial score (nSPS) is 36.3. The van der Waals surface area contributed by atoms with Gasteiger partial charge in [-0.1, -0.05) is 13.3 Å². The highest BCUT2D eigenvalue weighted by Crippen LogP contribution is 2.24. The highest BCUT2D eigenvalue weighted by molar-refractivity contribution is 7.92. The van der Waals surface area contributed by atoms with E-state index in [1.807, 2.05) is 6.92 Å². The first-order chi connectivity index (χ1) is 8.42. The molecule has 6 heteroatoms. The zero-order valence-corrected chi connectivity index (χ0v) is 11.5. The van der Waals surface area contributed by atoms with Crippen molar-refractivity contribution in [2.24, 2.45) is 5.92 Å². The molecule has 0 spiro atoms. The van der Waals surface area contributed by atoms with Crippen molar-refractivity contribution in [3.05, 3.63) is 0 Å². The Morgan fingerprint density at radius 2 is 2.00 bits per heavy atom. The van der Waals surface area contributed by atoms with Gasteiger partial charge >= 0.3 is 0 Å². The summed E-state index contributed by atoms with van der Waals surface area (Å²) in [5, 5.41) is 8.91. The maximum absolute atomic E-state index is 12.3. The minimum atomic E-state index is -3.28. The van der Waals surface area contributed by atoms with Gasteiger partial charge in [0.15, 0.2) is 9.84 Å². The molecule has 0 aromatic carbocycles. The van der Waals surface area contributed by atoms with Crippen LogP contribution in [0.1, 0.15) is 32.6 Å². The van der Waals surface area contributed by atoms with Crippen molar-refractivity contribution in [3.8, 4) is 0 Å². The molecule has 3 unspecified atom stereocenters. The molecule has 3 atom stereocenters. The Morgan fingerprint density at radius 3 is 2.61 bits per heavy atom. The van der Waals surface area contributed by atoms with Crippen molar-refractivity contribution >= 4 is 15.7 Å². The van der Waals surface area contributed by atoms with E-state index in [2.05, 4.69) is 0 Å². The monoisotopic (exact) mass is 275 g/mol. The molecule has 2 saturated heterocycles. The van der Waals surface area contributed by atoms with E-state index in [9.17, 15) is 18.3 Å². The molecule has 0 aromatic heterocycles. The molecular weight excluding hydrogens is 254 g/mol. The standard InChI is InChI=1S/C12H21NO4S/c1-9-5-6-13(8-10(9)14)12(15)11-4-2-3-7-18(11,16)17/h9-11,14H,2-8H2,1H3. The lowest BCUT2D eigenvalue weighted by Crippen LogP contribution is -2.51. The highest BCUT2D eigenvalue weighted by Gasteiger charge is 2.39. The van der Waals surface area contributed by atoms with Gasteiger partial charge in [-0.25, -0.2) is 8.42 Å². The molecule has 2 fully saturated rings. The summed E-state index contributed by atoms with van der Waals surface area (Å²) in [4.78, 5) is 13.8. The number of hydrogen-bond acceptors (Lipinski definition) is 4. The molecule has 0 bridgehead atoms. The van der Waals surface area contributed by atoms with E-state index < -0.39 is 21.2 Å². The van der Waals surface area contributed by atoms with E-state index in [1.54, 1.807) is 0 Å². The number of piperidine rings is 1. The van der Waals surface area contributed by atoms with Crippen LogP contribution < -0.4 is 0 Å².